The molecule has 132 valence electrons. The van der Waals surface area contributed by atoms with Gasteiger partial charge in [0.1, 0.15) is 0 Å². The third-order valence-electron chi connectivity index (χ3n) is 4.80. The number of benzene rings is 1. The molecule has 1 aromatic carbocycles. The van der Waals surface area contributed by atoms with Crippen LogP contribution >= 0.6 is 0 Å². The van der Waals surface area contributed by atoms with E-state index in [1.807, 2.05) is 19.1 Å². The highest BCUT2D eigenvalue weighted by Gasteiger charge is 2.19. The Kier molecular flexibility index (Phi) is 4.16. The Balaban J connectivity index is 1.65. The number of hydrogen-bond donors (Lipinski definition) is 2. The minimum Gasteiger partial charge on any atom is -0.370 e. The lowest BCUT2D eigenvalue weighted by Crippen LogP contribution is -2.23. The number of nitrogens with one attached hydrogen (secondary N) is 2. The van der Waals surface area contributed by atoms with Crippen LogP contribution in [0.1, 0.15) is 28.8 Å². The number of aryl methyl sites for hydroxylation is 1. The van der Waals surface area contributed by atoms with Crippen molar-refractivity contribution in [3.8, 4) is 0 Å². The van der Waals surface area contributed by atoms with Gasteiger partial charge in [0, 0.05) is 41.9 Å². The molecule has 3 heterocycles. The number of amides is 1. The molecule has 0 unspecified atom stereocenters. The standard InChI is InChI=1S/C20H20N4O2/c1-13-10-19(25)23-17-5-4-14(11-16(13)17)22-20(26)15-6-7-21-12-18(15)24-8-2-3-9-24/h4-7,10-12H,2-3,8-9H2,1H3,(H,22,26)(H,23,25). The topological polar surface area (TPSA) is 78.1 Å². The molecule has 2 N–H and O–H groups in total. The van der Waals surface area contributed by atoms with E-state index in [0.29, 0.717) is 11.3 Å². The molecule has 0 aliphatic carbocycles. The number of aromatic nitrogens is 2. The van der Waals surface area contributed by atoms with Crippen molar-refractivity contribution in [3.05, 3.63) is 64.2 Å². The van der Waals surface area contributed by atoms with E-state index in [2.05, 4.69) is 20.2 Å². The van der Waals surface area contributed by atoms with E-state index < -0.39 is 0 Å². The normalized spacial score (nSPS) is 14.0. The summed E-state index contributed by atoms with van der Waals surface area (Å²) in [5, 5.41) is 3.88. The lowest BCUT2D eigenvalue weighted by molar-refractivity contribution is 0.102. The summed E-state index contributed by atoms with van der Waals surface area (Å²) < 4.78 is 0. The van der Waals surface area contributed by atoms with Gasteiger partial charge in [0.25, 0.3) is 5.91 Å². The quantitative estimate of drug-likeness (QED) is 0.762. The Bertz CT molecular complexity index is 1040. The van der Waals surface area contributed by atoms with Gasteiger partial charge in [0.05, 0.1) is 17.4 Å². The number of hydrogen-bond acceptors (Lipinski definition) is 4. The van der Waals surface area contributed by atoms with Crippen molar-refractivity contribution >= 4 is 28.2 Å². The van der Waals surface area contributed by atoms with E-state index in [4.69, 9.17) is 0 Å². The molecule has 1 fully saturated rings. The first kappa shape index (κ1) is 16.3. The molecular formula is C20H20N4O2. The Morgan fingerprint density at radius 3 is 2.81 bits per heavy atom. The van der Waals surface area contributed by atoms with Crippen LogP contribution in [0.4, 0.5) is 11.4 Å². The first-order chi connectivity index (χ1) is 12.6. The van der Waals surface area contributed by atoms with E-state index in [0.717, 1.165) is 48.1 Å². The monoisotopic (exact) mass is 348 g/mol. The number of anilines is 2. The molecule has 1 saturated heterocycles. The molecule has 0 atom stereocenters. The number of fused-ring (bicyclic) bond motifs is 1. The summed E-state index contributed by atoms with van der Waals surface area (Å²) in [4.78, 5) is 33.6. The molecule has 1 aliphatic heterocycles. The van der Waals surface area contributed by atoms with Crippen molar-refractivity contribution < 1.29 is 4.79 Å². The van der Waals surface area contributed by atoms with E-state index in [9.17, 15) is 9.59 Å². The average molecular weight is 348 g/mol. The van der Waals surface area contributed by atoms with Crippen molar-refractivity contribution in [1.82, 2.24) is 9.97 Å². The Morgan fingerprint density at radius 1 is 1.19 bits per heavy atom. The summed E-state index contributed by atoms with van der Waals surface area (Å²) in [5.74, 6) is -0.157. The van der Waals surface area contributed by atoms with E-state index in [1.54, 1.807) is 30.6 Å². The van der Waals surface area contributed by atoms with Crippen LogP contribution < -0.4 is 15.8 Å². The molecule has 4 rings (SSSR count). The zero-order chi connectivity index (χ0) is 18.1. The fourth-order valence-corrected chi connectivity index (χ4v) is 3.49. The van der Waals surface area contributed by atoms with Crippen molar-refractivity contribution in [2.75, 3.05) is 23.3 Å². The number of H-pyrrole nitrogens is 1. The summed E-state index contributed by atoms with van der Waals surface area (Å²) in [6.45, 7) is 3.79. The Morgan fingerprint density at radius 2 is 2.00 bits per heavy atom. The molecule has 3 aromatic rings. The fourth-order valence-electron chi connectivity index (χ4n) is 3.49. The van der Waals surface area contributed by atoms with Crippen LogP contribution in [0, 0.1) is 6.92 Å². The molecule has 0 saturated carbocycles. The molecule has 0 radical (unpaired) electrons. The van der Waals surface area contributed by atoms with E-state index in [1.165, 1.54) is 0 Å². The number of rotatable bonds is 3. The highest BCUT2D eigenvalue weighted by Crippen LogP contribution is 2.25. The third kappa shape index (κ3) is 3.06. The number of carbonyl (C=O) groups excluding carboxylic acids is 1. The van der Waals surface area contributed by atoms with Crippen molar-refractivity contribution in [2.24, 2.45) is 0 Å². The van der Waals surface area contributed by atoms with E-state index in [-0.39, 0.29) is 11.5 Å². The maximum Gasteiger partial charge on any atom is 0.257 e. The second kappa shape index (κ2) is 6.63. The molecule has 1 aliphatic rings. The molecule has 1 amide bonds. The predicted molar refractivity (Wildman–Crippen MR) is 103 cm³/mol. The van der Waals surface area contributed by atoms with Crippen LogP contribution in [0.5, 0.6) is 0 Å². The molecule has 6 heteroatoms. The van der Waals surface area contributed by atoms with Gasteiger partial charge in [-0.3, -0.25) is 14.6 Å². The van der Waals surface area contributed by atoms with Crippen LogP contribution in [-0.4, -0.2) is 29.0 Å². The van der Waals surface area contributed by atoms with E-state index >= 15 is 0 Å². The van der Waals surface area contributed by atoms with Gasteiger partial charge in [0.2, 0.25) is 5.56 Å². The van der Waals surface area contributed by atoms with Gasteiger partial charge < -0.3 is 15.2 Å². The van der Waals surface area contributed by atoms with Gasteiger partial charge in [-0.15, -0.1) is 0 Å². The average Bonchev–Trinajstić information content (AvgIpc) is 3.17. The van der Waals surface area contributed by atoms with Crippen LogP contribution in [0.3, 0.4) is 0 Å². The van der Waals surface area contributed by atoms with Gasteiger partial charge in [-0.2, -0.15) is 0 Å². The molecule has 0 spiro atoms. The maximum absolute atomic E-state index is 12.8. The summed E-state index contributed by atoms with van der Waals surface area (Å²) >= 11 is 0. The minimum atomic E-state index is -0.157. The summed E-state index contributed by atoms with van der Waals surface area (Å²) in [6.07, 6.45) is 5.68. The molecule has 6 nitrogen and oxygen atoms in total. The van der Waals surface area contributed by atoms with Gasteiger partial charge in [-0.25, -0.2) is 0 Å². The van der Waals surface area contributed by atoms with Crippen LogP contribution in [-0.2, 0) is 0 Å². The highest BCUT2D eigenvalue weighted by atomic mass is 16.1. The third-order valence-corrected chi connectivity index (χ3v) is 4.80. The zero-order valence-electron chi connectivity index (χ0n) is 14.6. The molecular weight excluding hydrogens is 328 g/mol. The highest BCUT2D eigenvalue weighted by molar-refractivity contribution is 6.08. The lowest BCUT2D eigenvalue weighted by Gasteiger charge is -2.20. The summed E-state index contributed by atoms with van der Waals surface area (Å²) in [6, 6.07) is 8.81. The lowest BCUT2D eigenvalue weighted by atomic mass is 10.1. The smallest absolute Gasteiger partial charge is 0.257 e. The van der Waals surface area contributed by atoms with Gasteiger partial charge >= 0.3 is 0 Å². The number of aromatic amines is 1. The Labute approximate surface area is 150 Å². The molecule has 0 bridgehead atoms. The van der Waals surface area contributed by atoms with Crippen LogP contribution in [0.15, 0.2) is 47.5 Å². The Hall–Kier alpha value is -3.15. The fraction of sp³-hybridized carbons (Fsp3) is 0.250. The predicted octanol–water partition coefficient (Wildman–Crippen LogP) is 3.08. The van der Waals surface area contributed by atoms with Gasteiger partial charge in [-0.1, -0.05) is 0 Å². The second-order valence-corrected chi connectivity index (χ2v) is 6.62. The number of carbonyl (C=O) groups is 1. The number of nitrogens with zero attached hydrogens (tertiary/aromatic N) is 2. The summed E-state index contributed by atoms with van der Waals surface area (Å²) in [7, 11) is 0. The maximum atomic E-state index is 12.8. The van der Waals surface area contributed by atoms with Crippen LogP contribution in [0.25, 0.3) is 10.9 Å². The van der Waals surface area contributed by atoms with Crippen molar-refractivity contribution in [3.63, 3.8) is 0 Å². The minimum absolute atomic E-state index is 0.126. The van der Waals surface area contributed by atoms with Gasteiger partial charge in [-0.05, 0) is 49.6 Å². The van der Waals surface area contributed by atoms with Crippen molar-refractivity contribution in [1.29, 1.82) is 0 Å². The zero-order valence-corrected chi connectivity index (χ0v) is 14.6. The largest absolute Gasteiger partial charge is 0.370 e. The molecule has 2 aromatic heterocycles. The van der Waals surface area contributed by atoms with Crippen LogP contribution in [0.2, 0.25) is 0 Å². The second-order valence-electron chi connectivity index (χ2n) is 6.62. The SMILES string of the molecule is Cc1cc(=O)[nH]c2ccc(NC(=O)c3ccncc3N3CCCC3)cc12. The van der Waals surface area contributed by atoms with Gasteiger partial charge in [0.15, 0.2) is 0 Å². The number of pyridine rings is 2. The molecule has 26 heavy (non-hydrogen) atoms. The first-order valence-corrected chi connectivity index (χ1v) is 8.76. The summed E-state index contributed by atoms with van der Waals surface area (Å²) in [5.41, 5.74) is 3.71. The van der Waals surface area contributed by atoms with Crippen molar-refractivity contribution in [2.45, 2.75) is 19.8 Å². The first-order valence-electron chi connectivity index (χ1n) is 8.76.